The summed E-state index contributed by atoms with van der Waals surface area (Å²) in [6.45, 7) is 3.28. The number of piperidine rings is 1. The van der Waals surface area contributed by atoms with Gasteiger partial charge < -0.3 is 9.32 Å². The van der Waals surface area contributed by atoms with E-state index in [1.54, 1.807) is 0 Å². The topological polar surface area (TPSA) is 71.7 Å². The van der Waals surface area contributed by atoms with Gasteiger partial charge in [0.05, 0.1) is 6.04 Å². The molecule has 1 aliphatic carbocycles. The molecule has 3 aliphatic rings. The van der Waals surface area contributed by atoms with E-state index in [-0.39, 0.29) is 18.1 Å². The zero-order chi connectivity index (χ0) is 18.4. The number of carbonyl (C=O) groups is 1. The fourth-order valence-electron chi connectivity index (χ4n) is 4.00. The van der Waals surface area contributed by atoms with E-state index < -0.39 is 0 Å². The predicted octanol–water partition coefficient (Wildman–Crippen LogP) is 3.49. The zero-order valence-electron chi connectivity index (χ0n) is 15.5. The molecule has 1 aromatic heterocycles. The van der Waals surface area contributed by atoms with E-state index in [9.17, 15) is 4.79 Å². The fourth-order valence-corrected chi connectivity index (χ4v) is 4.00. The molecular formula is C20H24N4O3. The number of nitrogens with zero attached hydrogens (tertiary/aromatic N) is 4. The molecule has 2 atom stereocenters. The van der Waals surface area contributed by atoms with Crippen molar-refractivity contribution in [2.75, 3.05) is 6.54 Å². The second kappa shape index (κ2) is 6.34. The van der Waals surface area contributed by atoms with Crippen LogP contribution in [0.25, 0.3) is 0 Å². The summed E-state index contributed by atoms with van der Waals surface area (Å²) in [4.78, 5) is 20.5. The van der Waals surface area contributed by atoms with Crippen LogP contribution in [0, 0.1) is 5.41 Å². The van der Waals surface area contributed by atoms with Gasteiger partial charge >= 0.3 is 6.03 Å². The second-order valence-corrected chi connectivity index (χ2v) is 8.29. The molecule has 2 bridgehead atoms. The minimum absolute atomic E-state index is 0.0882. The normalized spacial score (nSPS) is 25.9. The Morgan fingerprint density at radius 2 is 2.04 bits per heavy atom. The number of hydrogen-bond acceptors (Lipinski definition) is 5. The van der Waals surface area contributed by atoms with Crippen LogP contribution in [0.15, 0.2) is 34.7 Å². The molecule has 2 amide bonds. The van der Waals surface area contributed by atoms with E-state index in [0.717, 1.165) is 24.8 Å². The quantitative estimate of drug-likeness (QED) is 0.780. The minimum atomic E-state index is -0.146. The number of carbonyl (C=O) groups excluding carboxylic acids is 1. The van der Waals surface area contributed by atoms with Crippen LogP contribution in [0.2, 0.25) is 0 Å². The molecule has 3 heterocycles. The molecule has 5 rings (SSSR count). The van der Waals surface area contributed by atoms with Gasteiger partial charge in [-0.3, -0.25) is 4.84 Å². The third-order valence-electron chi connectivity index (χ3n) is 5.99. The van der Waals surface area contributed by atoms with Gasteiger partial charge in [0.15, 0.2) is 0 Å². The lowest BCUT2D eigenvalue weighted by Crippen LogP contribution is -2.34. The lowest BCUT2D eigenvalue weighted by Gasteiger charge is -2.27. The number of fused-ring (bicyclic) bond motifs is 2. The van der Waals surface area contributed by atoms with Gasteiger partial charge in [-0.05, 0) is 36.7 Å². The summed E-state index contributed by atoms with van der Waals surface area (Å²) in [6, 6.07) is 9.74. The average Bonchev–Trinajstić information content (AvgIpc) is 3.14. The van der Waals surface area contributed by atoms with Gasteiger partial charge in [-0.25, -0.2) is 4.79 Å². The van der Waals surface area contributed by atoms with E-state index in [0.29, 0.717) is 30.3 Å². The van der Waals surface area contributed by atoms with Crippen LogP contribution in [0.3, 0.4) is 0 Å². The zero-order valence-corrected chi connectivity index (χ0v) is 15.5. The maximum atomic E-state index is 12.9. The molecule has 2 saturated heterocycles. The van der Waals surface area contributed by atoms with Gasteiger partial charge in [0.1, 0.15) is 12.6 Å². The fraction of sp³-hybridized carbons (Fsp3) is 0.550. The van der Waals surface area contributed by atoms with Crippen LogP contribution in [0.5, 0.6) is 0 Å². The molecule has 27 heavy (non-hydrogen) atoms. The Labute approximate surface area is 158 Å². The monoisotopic (exact) mass is 368 g/mol. The average molecular weight is 368 g/mol. The number of hydroxylamine groups is 2. The predicted molar refractivity (Wildman–Crippen MR) is 96.3 cm³/mol. The summed E-state index contributed by atoms with van der Waals surface area (Å²) in [5, 5.41) is 10.0. The minimum Gasteiger partial charge on any atom is -0.423 e. The Kier molecular flexibility index (Phi) is 3.93. The largest absolute Gasteiger partial charge is 0.423 e. The summed E-state index contributed by atoms with van der Waals surface area (Å²) in [7, 11) is 0. The molecule has 0 N–H and O–H groups in total. The third kappa shape index (κ3) is 3.20. The summed E-state index contributed by atoms with van der Waals surface area (Å²) in [5.41, 5.74) is 1.38. The molecule has 142 valence electrons. The van der Waals surface area contributed by atoms with Crippen molar-refractivity contribution in [2.24, 2.45) is 5.41 Å². The van der Waals surface area contributed by atoms with Gasteiger partial charge in [-0.2, -0.15) is 5.06 Å². The van der Waals surface area contributed by atoms with Crippen LogP contribution in [-0.4, -0.2) is 38.8 Å². The van der Waals surface area contributed by atoms with E-state index in [4.69, 9.17) is 9.25 Å². The van der Waals surface area contributed by atoms with Crippen LogP contribution < -0.4 is 0 Å². The van der Waals surface area contributed by atoms with E-state index in [1.165, 1.54) is 17.9 Å². The first-order valence-electron chi connectivity index (χ1n) is 9.70. The molecule has 0 unspecified atom stereocenters. The Balaban J connectivity index is 1.26. The smallest absolute Gasteiger partial charge is 0.345 e. The number of urea groups is 1. The van der Waals surface area contributed by atoms with Crippen LogP contribution in [-0.2, 0) is 17.9 Å². The molecule has 0 spiro atoms. The molecule has 1 aromatic carbocycles. The standard InChI is InChI=1S/C20H24N4O3/c1-20(9-10-20)11-17-21-22-18(27-17)16-8-7-15-12-23(16)19(25)24(15)26-13-14-5-3-2-4-6-14/h2-6,15-16H,7-13H2,1H3/t15-,16+/m1/s1. The molecule has 2 aromatic rings. The first kappa shape index (κ1) is 16.7. The Morgan fingerprint density at radius 3 is 2.81 bits per heavy atom. The molecule has 3 fully saturated rings. The lowest BCUT2D eigenvalue weighted by atomic mass is 10.0. The van der Waals surface area contributed by atoms with Crippen LogP contribution >= 0.6 is 0 Å². The second-order valence-electron chi connectivity index (χ2n) is 8.29. The van der Waals surface area contributed by atoms with Gasteiger partial charge in [0.25, 0.3) is 0 Å². The van der Waals surface area contributed by atoms with Gasteiger partial charge in [0, 0.05) is 13.0 Å². The van der Waals surface area contributed by atoms with Crippen molar-refractivity contribution in [3.63, 3.8) is 0 Å². The van der Waals surface area contributed by atoms with Crippen LogP contribution in [0.4, 0.5) is 4.79 Å². The highest BCUT2D eigenvalue weighted by Crippen LogP contribution is 2.47. The first-order chi connectivity index (χ1) is 13.1. The lowest BCUT2D eigenvalue weighted by molar-refractivity contribution is -0.140. The summed E-state index contributed by atoms with van der Waals surface area (Å²) in [6.07, 6.45) is 4.95. The SMILES string of the molecule is CC1(Cc2nnc([C@@H]3CC[C@@H]4CN3C(=O)N4OCc3ccccc3)o2)CC1. The number of aromatic nitrogens is 2. The summed E-state index contributed by atoms with van der Waals surface area (Å²) < 4.78 is 5.93. The van der Waals surface area contributed by atoms with Gasteiger partial charge in [-0.1, -0.05) is 37.3 Å². The maximum Gasteiger partial charge on any atom is 0.345 e. The van der Waals surface area contributed by atoms with Crippen molar-refractivity contribution in [1.29, 1.82) is 0 Å². The van der Waals surface area contributed by atoms with E-state index >= 15 is 0 Å². The van der Waals surface area contributed by atoms with Crippen molar-refractivity contribution in [2.45, 2.75) is 57.7 Å². The highest BCUT2D eigenvalue weighted by Gasteiger charge is 2.48. The van der Waals surface area contributed by atoms with Crippen molar-refractivity contribution in [1.82, 2.24) is 20.2 Å². The highest BCUT2D eigenvalue weighted by molar-refractivity contribution is 5.77. The number of benzene rings is 1. The molecule has 0 radical (unpaired) electrons. The Morgan fingerprint density at radius 1 is 1.22 bits per heavy atom. The molecule has 7 nitrogen and oxygen atoms in total. The summed E-state index contributed by atoms with van der Waals surface area (Å²) >= 11 is 0. The Hall–Kier alpha value is -2.41. The number of amides is 2. The summed E-state index contributed by atoms with van der Waals surface area (Å²) in [5.74, 6) is 1.25. The molecule has 2 aliphatic heterocycles. The number of rotatable bonds is 6. The molecule has 7 heteroatoms. The van der Waals surface area contributed by atoms with Gasteiger partial charge in [0.2, 0.25) is 11.8 Å². The van der Waals surface area contributed by atoms with Crippen molar-refractivity contribution in [3.8, 4) is 0 Å². The molecular weight excluding hydrogens is 344 g/mol. The van der Waals surface area contributed by atoms with Crippen molar-refractivity contribution < 1.29 is 14.0 Å². The third-order valence-corrected chi connectivity index (χ3v) is 5.99. The molecule has 1 saturated carbocycles. The Bertz CT molecular complexity index is 833. The highest BCUT2D eigenvalue weighted by atomic mass is 16.7. The maximum absolute atomic E-state index is 12.9. The van der Waals surface area contributed by atoms with E-state index in [1.807, 2.05) is 35.2 Å². The van der Waals surface area contributed by atoms with E-state index in [2.05, 4.69) is 17.1 Å². The van der Waals surface area contributed by atoms with Gasteiger partial charge in [-0.15, -0.1) is 10.2 Å². The van der Waals surface area contributed by atoms with Crippen molar-refractivity contribution in [3.05, 3.63) is 47.7 Å². The number of hydrogen-bond donors (Lipinski definition) is 0. The van der Waals surface area contributed by atoms with Crippen molar-refractivity contribution >= 4 is 6.03 Å². The van der Waals surface area contributed by atoms with Crippen LogP contribution in [0.1, 0.15) is 56.0 Å². The first-order valence-corrected chi connectivity index (χ1v) is 9.70.